The minimum absolute atomic E-state index is 0.0303. The largest absolute Gasteiger partial charge is 0.504 e. The first kappa shape index (κ1) is 13.7. The number of aromatic hydroxyl groups is 2. The Balaban J connectivity index is 2.20. The number of hydrogen-bond donors (Lipinski definition) is 3. The number of phenolic OH excluding ortho intramolecular Hbond substituents is 2. The van der Waals surface area contributed by atoms with Crippen molar-refractivity contribution in [3.63, 3.8) is 0 Å². The van der Waals surface area contributed by atoms with Crippen LogP contribution in [0, 0.1) is 0 Å². The lowest BCUT2D eigenvalue weighted by Gasteiger charge is -2.37. The summed E-state index contributed by atoms with van der Waals surface area (Å²) in [6, 6.07) is 4.56. The van der Waals surface area contributed by atoms with E-state index in [2.05, 4.69) is 0 Å². The van der Waals surface area contributed by atoms with Crippen molar-refractivity contribution in [3.05, 3.63) is 23.8 Å². The zero-order valence-corrected chi connectivity index (χ0v) is 10.7. The van der Waals surface area contributed by atoms with Gasteiger partial charge in [0.1, 0.15) is 0 Å². The van der Waals surface area contributed by atoms with Crippen LogP contribution in [0.25, 0.3) is 0 Å². The van der Waals surface area contributed by atoms with E-state index >= 15 is 0 Å². The van der Waals surface area contributed by atoms with Crippen molar-refractivity contribution >= 4 is 5.91 Å². The molecule has 0 saturated heterocycles. The third kappa shape index (κ3) is 2.81. The Labute approximate surface area is 112 Å². The van der Waals surface area contributed by atoms with E-state index in [1.807, 2.05) is 0 Å². The summed E-state index contributed by atoms with van der Waals surface area (Å²) in [6.45, 7) is 0.498. The van der Waals surface area contributed by atoms with Crippen molar-refractivity contribution < 1.29 is 20.1 Å². The SMILES string of the molecule is O=C(c1cccc(O)c1O)N(CCCO)C1CCC1. The highest BCUT2D eigenvalue weighted by Gasteiger charge is 2.30. The van der Waals surface area contributed by atoms with Gasteiger partial charge >= 0.3 is 0 Å². The Morgan fingerprint density at radius 1 is 1.32 bits per heavy atom. The van der Waals surface area contributed by atoms with Gasteiger partial charge in [0, 0.05) is 19.2 Å². The van der Waals surface area contributed by atoms with Gasteiger partial charge < -0.3 is 20.2 Å². The van der Waals surface area contributed by atoms with Crippen LogP contribution in [0.2, 0.25) is 0 Å². The first-order valence-electron chi connectivity index (χ1n) is 6.58. The number of rotatable bonds is 5. The van der Waals surface area contributed by atoms with Crippen LogP contribution in [0.4, 0.5) is 0 Å². The third-order valence-corrected chi connectivity index (χ3v) is 3.58. The summed E-state index contributed by atoms with van der Waals surface area (Å²) >= 11 is 0. The Morgan fingerprint density at radius 2 is 2.05 bits per heavy atom. The van der Waals surface area contributed by atoms with E-state index in [-0.39, 0.29) is 35.6 Å². The van der Waals surface area contributed by atoms with Crippen molar-refractivity contribution in [1.29, 1.82) is 0 Å². The van der Waals surface area contributed by atoms with Crippen LogP contribution in [0.3, 0.4) is 0 Å². The molecular weight excluding hydrogens is 246 g/mol. The number of carbonyl (C=O) groups excluding carboxylic acids is 1. The van der Waals surface area contributed by atoms with Gasteiger partial charge in [0.05, 0.1) is 5.56 Å². The molecule has 1 aromatic rings. The zero-order valence-electron chi connectivity index (χ0n) is 10.7. The molecule has 3 N–H and O–H groups in total. The standard InChI is InChI=1S/C14H19NO4/c16-9-3-8-15(10-4-1-5-10)14(19)11-6-2-7-12(17)13(11)18/h2,6-7,10,16-18H,1,3-5,8-9H2. The van der Waals surface area contributed by atoms with Crippen molar-refractivity contribution in [3.8, 4) is 11.5 Å². The predicted octanol–water partition coefficient (Wildman–Crippen LogP) is 1.47. The van der Waals surface area contributed by atoms with Crippen molar-refractivity contribution in [2.24, 2.45) is 0 Å². The van der Waals surface area contributed by atoms with E-state index in [4.69, 9.17) is 5.11 Å². The number of aliphatic hydroxyl groups excluding tert-OH is 1. The Hall–Kier alpha value is -1.75. The van der Waals surface area contributed by atoms with Gasteiger partial charge in [0.25, 0.3) is 5.91 Å². The molecule has 5 nitrogen and oxygen atoms in total. The molecule has 0 heterocycles. The maximum atomic E-state index is 12.4. The first-order chi connectivity index (χ1) is 9.15. The van der Waals surface area contributed by atoms with Gasteiger partial charge in [0.15, 0.2) is 11.5 Å². The van der Waals surface area contributed by atoms with Gasteiger partial charge in [-0.3, -0.25) is 4.79 Å². The molecule has 0 bridgehead atoms. The fourth-order valence-corrected chi connectivity index (χ4v) is 2.25. The molecule has 0 atom stereocenters. The van der Waals surface area contributed by atoms with E-state index in [0.717, 1.165) is 19.3 Å². The average Bonchev–Trinajstić information content (AvgIpc) is 2.34. The molecule has 1 aliphatic carbocycles. The normalized spacial score (nSPS) is 15.0. The van der Waals surface area contributed by atoms with E-state index in [1.165, 1.54) is 18.2 Å². The summed E-state index contributed by atoms with van der Waals surface area (Å²) in [6.07, 6.45) is 3.52. The molecule has 1 aliphatic rings. The Kier molecular flexibility index (Phi) is 4.27. The minimum atomic E-state index is -0.374. The second-order valence-electron chi connectivity index (χ2n) is 4.83. The maximum Gasteiger partial charge on any atom is 0.258 e. The zero-order chi connectivity index (χ0) is 13.8. The first-order valence-corrected chi connectivity index (χ1v) is 6.58. The van der Waals surface area contributed by atoms with Crippen LogP contribution >= 0.6 is 0 Å². The quantitative estimate of drug-likeness (QED) is 0.704. The third-order valence-electron chi connectivity index (χ3n) is 3.58. The highest BCUT2D eigenvalue weighted by atomic mass is 16.3. The van der Waals surface area contributed by atoms with E-state index in [0.29, 0.717) is 13.0 Å². The number of phenols is 2. The highest BCUT2D eigenvalue weighted by Crippen LogP contribution is 2.32. The van der Waals surface area contributed by atoms with E-state index in [9.17, 15) is 15.0 Å². The van der Waals surface area contributed by atoms with Crippen LogP contribution in [0.15, 0.2) is 18.2 Å². The summed E-state index contributed by atoms with van der Waals surface area (Å²) < 4.78 is 0. The number of hydrogen-bond acceptors (Lipinski definition) is 4. The summed E-state index contributed by atoms with van der Waals surface area (Å²) in [5.74, 6) is -0.950. The monoisotopic (exact) mass is 265 g/mol. The van der Waals surface area contributed by atoms with Crippen LogP contribution in [0.1, 0.15) is 36.0 Å². The molecule has 19 heavy (non-hydrogen) atoms. The summed E-state index contributed by atoms with van der Waals surface area (Å²) in [5, 5.41) is 28.1. The molecule has 5 heteroatoms. The molecule has 1 aromatic carbocycles. The molecule has 0 radical (unpaired) electrons. The lowest BCUT2D eigenvalue weighted by atomic mass is 9.90. The van der Waals surface area contributed by atoms with Crippen molar-refractivity contribution in [2.75, 3.05) is 13.2 Å². The van der Waals surface area contributed by atoms with Gasteiger partial charge in [-0.25, -0.2) is 0 Å². The molecule has 104 valence electrons. The lowest BCUT2D eigenvalue weighted by Crippen LogP contribution is -2.45. The average molecular weight is 265 g/mol. The van der Waals surface area contributed by atoms with Crippen LogP contribution in [0.5, 0.6) is 11.5 Å². The molecule has 1 amide bonds. The van der Waals surface area contributed by atoms with Gasteiger partial charge in [0.2, 0.25) is 0 Å². The van der Waals surface area contributed by atoms with Crippen LogP contribution in [-0.4, -0.2) is 45.3 Å². The minimum Gasteiger partial charge on any atom is -0.504 e. The maximum absolute atomic E-state index is 12.4. The van der Waals surface area contributed by atoms with Gasteiger partial charge in [-0.05, 0) is 37.8 Å². The number of carbonyl (C=O) groups is 1. The smallest absolute Gasteiger partial charge is 0.258 e. The number of aliphatic hydroxyl groups is 1. The summed E-state index contributed by atoms with van der Waals surface area (Å²) in [7, 11) is 0. The fraction of sp³-hybridized carbons (Fsp3) is 0.500. The summed E-state index contributed by atoms with van der Waals surface area (Å²) in [5.41, 5.74) is 0.116. The molecule has 2 rings (SSSR count). The Morgan fingerprint density at radius 3 is 2.63 bits per heavy atom. The van der Waals surface area contributed by atoms with Gasteiger partial charge in [-0.2, -0.15) is 0 Å². The van der Waals surface area contributed by atoms with Crippen LogP contribution in [-0.2, 0) is 0 Å². The fourth-order valence-electron chi connectivity index (χ4n) is 2.25. The number of amides is 1. The molecule has 0 aromatic heterocycles. The molecule has 1 fully saturated rings. The second kappa shape index (κ2) is 5.93. The predicted molar refractivity (Wildman–Crippen MR) is 70.1 cm³/mol. The van der Waals surface area contributed by atoms with Crippen LogP contribution < -0.4 is 0 Å². The van der Waals surface area contributed by atoms with Gasteiger partial charge in [-0.1, -0.05) is 6.07 Å². The molecule has 0 unspecified atom stereocenters. The second-order valence-corrected chi connectivity index (χ2v) is 4.83. The topological polar surface area (TPSA) is 81.0 Å². The van der Waals surface area contributed by atoms with Crippen molar-refractivity contribution in [2.45, 2.75) is 31.7 Å². The summed E-state index contributed by atoms with van der Waals surface area (Å²) in [4.78, 5) is 14.1. The molecule has 1 saturated carbocycles. The van der Waals surface area contributed by atoms with Crippen molar-refractivity contribution in [1.82, 2.24) is 4.90 Å². The Bertz CT molecular complexity index is 457. The lowest BCUT2D eigenvalue weighted by molar-refractivity contribution is 0.0559. The number of para-hydroxylation sites is 1. The van der Waals surface area contributed by atoms with E-state index in [1.54, 1.807) is 4.90 Å². The van der Waals surface area contributed by atoms with Gasteiger partial charge in [-0.15, -0.1) is 0 Å². The van der Waals surface area contributed by atoms with E-state index < -0.39 is 0 Å². The number of benzene rings is 1. The molecular formula is C14H19NO4. The highest BCUT2D eigenvalue weighted by molar-refractivity contribution is 5.97. The number of nitrogens with zero attached hydrogens (tertiary/aromatic N) is 1. The molecule has 0 spiro atoms. The molecule has 0 aliphatic heterocycles.